The van der Waals surface area contributed by atoms with Crippen LogP contribution in [-0.4, -0.2) is 56.0 Å². The highest BCUT2D eigenvalue weighted by atomic mass is 32.1. The van der Waals surface area contributed by atoms with E-state index >= 15 is 0 Å². The van der Waals surface area contributed by atoms with E-state index < -0.39 is 0 Å². The van der Waals surface area contributed by atoms with Crippen LogP contribution in [-0.2, 0) is 9.47 Å². The monoisotopic (exact) mass is 471 g/mol. The number of anilines is 1. The summed E-state index contributed by atoms with van der Waals surface area (Å²) in [5.41, 5.74) is 1.56. The first-order chi connectivity index (χ1) is 16.1. The molecule has 33 heavy (non-hydrogen) atoms. The third-order valence-corrected chi connectivity index (χ3v) is 5.17. The topological polar surface area (TPSA) is 97.9 Å². The zero-order valence-corrected chi connectivity index (χ0v) is 19.4. The number of amides is 2. The Kier molecular flexibility index (Phi) is 9.61. The lowest BCUT2D eigenvalue weighted by atomic mass is 10.2. The fourth-order valence-electron chi connectivity index (χ4n) is 3.29. The molecule has 0 aliphatic carbocycles. The zero-order chi connectivity index (χ0) is 23.5. The number of para-hydroxylation sites is 1. The minimum Gasteiger partial charge on any atom is -0.490 e. The number of thiocarbonyl (C=S) groups is 1. The van der Waals surface area contributed by atoms with Crippen molar-refractivity contribution in [2.24, 2.45) is 0 Å². The van der Waals surface area contributed by atoms with Crippen molar-refractivity contribution in [2.75, 3.05) is 38.3 Å². The maximum atomic E-state index is 12.7. The highest BCUT2D eigenvalue weighted by Crippen LogP contribution is 2.18. The van der Waals surface area contributed by atoms with Crippen molar-refractivity contribution in [3.63, 3.8) is 0 Å². The van der Waals surface area contributed by atoms with Crippen molar-refractivity contribution in [1.82, 2.24) is 10.6 Å². The van der Waals surface area contributed by atoms with Gasteiger partial charge in [-0.25, -0.2) is 0 Å². The van der Waals surface area contributed by atoms with Crippen LogP contribution in [0.4, 0.5) is 5.69 Å². The SMILES string of the molecule is CCOCCOc1ccccc1C(=O)NC(=S)Nc1ccc(C(=O)NCC2CCCO2)cc1. The molecule has 9 heteroatoms. The van der Waals surface area contributed by atoms with Gasteiger partial charge in [0.2, 0.25) is 0 Å². The maximum Gasteiger partial charge on any atom is 0.261 e. The lowest BCUT2D eigenvalue weighted by Crippen LogP contribution is -2.34. The van der Waals surface area contributed by atoms with Gasteiger partial charge in [-0.05, 0) is 68.4 Å². The molecule has 0 radical (unpaired) electrons. The fourth-order valence-corrected chi connectivity index (χ4v) is 3.50. The van der Waals surface area contributed by atoms with Crippen molar-refractivity contribution in [3.05, 3.63) is 59.7 Å². The quantitative estimate of drug-likeness (QED) is 0.362. The summed E-state index contributed by atoms with van der Waals surface area (Å²) in [5, 5.41) is 8.63. The number of benzene rings is 2. The minimum absolute atomic E-state index is 0.0936. The van der Waals surface area contributed by atoms with Crippen LogP contribution in [0.15, 0.2) is 48.5 Å². The second kappa shape index (κ2) is 12.9. The molecule has 176 valence electrons. The van der Waals surface area contributed by atoms with E-state index in [2.05, 4.69) is 16.0 Å². The summed E-state index contributed by atoms with van der Waals surface area (Å²) in [4.78, 5) is 25.0. The van der Waals surface area contributed by atoms with Crippen LogP contribution in [0.3, 0.4) is 0 Å². The Morgan fingerprint density at radius 2 is 1.88 bits per heavy atom. The molecule has 0 saturated carbocycles. The molecule has 1 fully saturated rings. The number of hydrogen-bond acceptors (Lipinski definition) is 6. The standard InChI is InChI=1S/C24H29N3O5S/c1-2-30-14-15-32-21-8-4-3-7-20(21)23(29)27-24(33)26-18-11-9-17(10-12-18)22(28)25-16-19-6-5-13-31-19/h3-4,7-12,19H,2,5-6,13-16H2,1H3,(H,25,28)(H2,26,27,29,33). The number of rotatable bonds is 10. The van der Waals surface area contributed by atoms with Crippen LogP contribution in [0.5, 0.6) is 5.75 Å². The Labute approximate surface area is 199 Å². The van der Waals surface area contributed by atoms with Gasteiger partial charge in [-0.2, -0.15) is 0 Å². The van der Waals surface area contributed by atoms with Crippen molar-refractivity contribution in [3.8, 4) is 5.75 Å². The molecule has 1 saturated heterocycles. The van der Waals surface area contributed by atoms with Crippen molar-refractivity contribution >= 4 is 34.8 Å². The van der Waals surface area contributed by atoms with E-state index in [4.69, 9.17) is 26.4 Å². The second-order valence-electron chi connectivity index (χ2n) is 7.37. The molecule has 1 aliphatic heterocycles. The van der Waals surface area contributed by atoms with Crippen LogP contribution < -0.4 is 20.7 Å². The van der Waals surface area contributed by atoms with Crippen LogP contribution in [0.1, 0.15) is 40.5 Å². The summed E-state index contributed by atoms with van der Waals surface area (Å²) < 4.78 is 16.4. The highest BCUT2D eigenvalue weighted by molar-refractivity contribution is 7.80. The summed E-state index contributed by atoms with van der Waals surface area (Å²) in [6, 6.07) is 13.8. The van der Waals surface area contributed by atoms with Gasteiger partial charge in [0.25, 0.3) is 11.8 Å². The van der Waals surface area contributed by atoms with Gasteiger partial charge in [0.05, 0.1) is 18.3 Å². The van der Waals surface area contributed by atoms with Gasteiger partial charge >= 0.3 is 0 Å². The van der Waals surface area contributed by atoms with Gasteiger partial charge in [-0.3, -0.25) is 14.9 Å². The van der Waals surface area contributed by atoms with E-state index in [9.17, 15) is 9.59 Å². The molecule has 1 unspecified atom stereocenters. The average Bonchev–Trinajstić information content (AvgIpc) is 3.35. The largest absolute Gasteiger partial charge is 0.490 e. The van der Waals surface area contributed by atoms with E-state index in [1.54, 1.807) is 48.5 Å². The Morgan fingerprint density at radius 3 is 2.61 bits per heavy atom. The molecule has 2 aromatic carbocycles. The van der Waals surface area contributed by atoms with E-state index in [1.165, 1.54) is 0 Å². The molecule has 0 aromatic heterocycles. The molecular formula is C24H29N3O5S. The van der Waals surface area contributed by atoms with E-state index in [1.807, 2.05) is 6.92 Å². The van der Waals surface area contributed by atoms with Gasteiger partial charge in [-0.15, -0.1) is 0 Å². The molecule has 1 atom stereocenters. The molecule has 1 aliphatic rings. The molecular weight excluding hydrogens is 442 g/mol. The summed E-state index contributed by atoms with van der Waals surface area (Å²) in [5.74, 6) is -0.0885. The normalized spacial score (nSPS) is 15.0. The third-order valence-electron chi connectivity index (χ3n) is 4.97. The number of hydrogen-bond donors (Lipinski definition) is 3. The molecule has 8 nitrogen and oxygen atoms in total. The molecule has 0 spiro atoms. The molecule has 2 amide bonds. The Bertz CT molecular complexity index is 945. The summed E-state index contributed by atoms with van der Waals surface area (Å²) in [6.07, 6.45) is 2.09. The number of carbonyl (C=O) groups is 2. The fraction of sp³-hybridized carbons (Fsp3) is 0.375. The van der Waals surface area contributed by atoms with Crippen LogP contribution in [0.25, 0.3) is 0 Å². The van der Waals surface area contributed by atoms with Gasteiger partial charge in [-0.1, -0.05) is 12.1 Å². The first-order valence-electron chi connectivity index (χ1n) is 11.0. The minimum atomic E-state index is -0.385. The summed E-state index contributed by atoms with van der Waals surface area (Å²) in [7, 11) is 0. The lowest BCUT2D eigenvalue weighted by molar-refractivity contribution is 0.0857. The first kappa shape index (κ1) is 24.6. The lowest BCUT2D eigenvalue weighted by Gasteiger charge is -2.13. The predicted molar refractivity (Wildman–Crippen MR) is 130 cm³/mol. The Balaban J connectivity index is 1.49. The van der Waals surface area contributed by atoms with Crippen molar-refractivity contribution in [2.45, 2.75) is 25.9 Å². The maximum absolute atomic E-state index is 12.7. The third kappa shape index (κ3) is 7.81. The number of carbonyl (C=O) groups excluding carboxylic acids is 2. The molecule has 3 N–H and O–H groups in total. The van der Waals surface area contributed by atoms with Crippen LogP contribution in [0, 0.1) is 0 Å². The summed E-state index contributed by atoms with van der Waals surface area (Å²) >= 11 is 5.27. The van der Waals surface area contributed by atoms with Gasteiger partial charge in [0.1, 0.15) is 12.4 Å². The smallest absolute Gasteiger partial charge is 0.261 e. The zero-order valence-electron chi connectivity index (χ0n) is 18.6. The van der Waals surface area contributed by atoms with Crippen LogP contribution >= 0.6 is 12.2 Å². The molecule has 2 aromatic rings. The highest BCUT2D eigenvalue weighted by Gasteiger charge is 2.17. The number of ether oxygens (including phenoxy) is 3. The molecule has 3 rings (SSSR count). The van der Waals surface area contributed by atoms with Crippen molar-refractivity contribution in [1.29, 1.82) is 0 Å². The first-order valence-corrected chi connectivity index (χ1v) is 11.4. The Morgan fingerprint density at radius 1 is 1.09 bits per heavy atom. The predicted octanol–water partition coefficient (Wildman–Crippen LogP) is 3.14. The van der Waals surface area contributed by atoms with Crippen LogP contribution in [0.2, 0.25) is 0 Å². The van der Waals surface area contributed by atoms with E-state index in [0.717, 1.165) is 19.4 Å². The van der Waals surface area contributed by atoms with Gasteiger partial charge in [0, 0.05) is 31.0 Å². The molecule has 1 heterocycles. The summed E-state index contributed by atoms with van der Waals surface area (Å²) in [6.45, 7) is 4.55. The van der Waals surface area contributed by atoms with Gasteiger partial charge < -0.3 is 24.8 Å². The van der Waals surface area contributed by atoms with E-state index in [0.29, 0.717) is 48.9 Å². The Hall–Kier alpha value is -3.01. The average molecular weight is 472 g/mol. The second-order valence-corrected chi connectivity index (χ2v) is 7.78. The van der Waals surface area contributed by atoms with Gasteiger partial charge in [0.15, 0.2) is 5.11 Å². The van der Waals surface area contributed by atoms with Crippen molar-refractivity contribution < 1.29 is 23.8 Å². The number of nitrogens with one attached hydrogen (secondary N) is 3. The van der Waals surface area contributed by atoms with E-state index in [-0.39, 0.29) is 23.0 Å². The molecule has 0 bridgehead atoms.